The highest BCUT2D eigenvalue weighted by Gasteiger charge is 2.24. The van der Waals surface area contributed by atoms with Crippen molar-refractivity contribution in [1.82, 2.24) is 9.71 Å². The van der Waals surface area contributed by atoms with E-state index >= 15 is 0 Å². The quantitative estimate of drug-likeness (QED) is 0.450. The van der Waals surface area contributed by atoms with E-state index in [-0.39, 0.29) is 4.90 Å². The number of sulfonamides is 1. The number of fused-ring (bicyclic) bond motifs is 1. The van der Waals surface area contributed by atoms with Gasteiger partial charge in [0.1, 0.15) is 10.8 Å². The minimum Gasteiger partial charge on any atom is -0.497 e. The molecule has 156 valence electrons. The molecule has 31 heavy (non-hydrogen) atoms. The summed E-state index contributed by atoms with van der Waals surface area (Å²) in [7, 11) is -2.15. The molecule has 4 aromatic rings. The van der Waals surface area contributed by atoms with Gasteiger partial charge in [-0.25, -0.2) is 18.1 Å². The minimum atomic E-state index is -3.75. The zero-order valence-corrected chi connectivity index (χ0v) is 18.3. The molecule has 1 heterocycles. The van der Waals surface area contributed by atoms with Crippen LogP contribution in [0.2, 0.25) is 0 Å². The molecule has 0 bridgehead atoms. The summed E-state index contributed by atoms with van der Waals surface area (Å²) in [6.45, 7) is 0. The van der Waals surface area contributed by atoms with Crippen LogP contribution in [0.5, 0.6) is 5.75 Å². The summed E-state index contributed by atoms with van der Waals surface area (Å²) < 4.78 is 35.1. The molecule has 1 aromatic heterocycles. The summed E-state index contributed by atoms with van der Waals surface area (Å²) in [4.78, 5) is 4.88. The normalized spacial score (nSPS) is 12.4. The summed E-state index contributed by atoms with van der Waals surface area (Å²) in [5.41, 5.74) is 2.23. The number of ether oxygens (including phenoxy) is 1. The van der Waals surface area contributed by atoms with Crippen LogP contribution in [-0.4, -0.2) is 20.5 Å². The summed E-state index contributed by atoms with van der Waals surface area (Å²) >= 11 is 1.43. The van der Waals surface area contributed by atoms with E-state index in [9.17, 15) is 8.42 Å². The Balaban J connectivity index is 1.72. The molecule has 1 N–H and O–H groups in total. The summed E-state index contributed by atoms with van der Waals surface area (Å²) in [5.74, 6) is 0.719. The Bertz CT molecular complexity index is 1340. The van der Waals surface area contributed by atoms with E-state index in [1.54, 1.807) is 49.6 Å². The van der Waals surface area contributed by atoms with Gasteiger partial charge in [-0.1, -0.05) is 30.3 Å². The first-order valence-corrected chi connectivity index (χ1v) is 11.8. The minimum absolute atomic E-state index is 0.197. The number of hydrogen-bond acceptors (Lipinski definition) is 6. The lowest BCUT2D eigenvalue weighted by atomic mass is 10.1. The highest BCUT2D eigenvalue weighted by Crippen LogP contribution is 2.32. The Morgan fingerprint density at radius 1 is 1.10 bits per heavy atom. The standard InChI is InChI=1S/C23H19N3O3S2/c1-29-18-11-12-20-22(14-18)30-23(25-20)21(13-16-7-9-17(15-24)10-8-16)26-31(27,28)19-5-3-2-4-6-19/h2-12,14,21,26H,13H2,1H3/t21-/m1/s1. The number of hydrogen-bond donors (Lipinski definition) is 1. The molecular formula is C23H19N3O3S2. The molecule has 0 saturated carbocycles. The van der Waals surface area contributed by atoms with E-state index in [0.717, 1.165) is 21.5 Å². The molecule has 0 aliphatic rings. The van der Waals surface area contributed by atoms with Crippen molar-refractivity contribution in [2.45, 2.75) is 17.4 Å². The van der Waals surface area contributed by atoms with Crippen molar-refractivity contribution in [1.29, 1.82) is 5.26 Å². The molecule has 0 aliphatic heterocycles. The lowest BCUT2D eigenvalue weighted by molar-refractivity contribution is 0.415. The molecule has 6 nitrogen and oxygen atoms in total. The third-order valence-electron chi connectivity index (χ3n) is 4.78. The topological polar surface area (TPSA) is 92.1 Å². The van der Waals surface area contributed by atoms with Gasteiger partial charge in [0.05, 0.1) is 39.9 Å². The van der Waals surface area contributed by atoms with E-state index in [4.69, 9.17) is 10.00 Å². The first kappa shape index (κ1) is 21.0. The summed E-state index contributed by atoms with van der Waals surface area (Å²) in [6, 6.07) is 22.5. The monoisotopic (exact) mass is 449 g/mol. The van der Waals surface area contributed by atoms with Gasteiger partial charge in [0.15, 0.2) is 0 Å². The SMILES string of the molecule is COc1ccc2nc([C@@H](Cc3ccc(C#N)cc3)NS(=O)(=O)c3ccccc3)sc2c1. The zero-order chi connectivity index (χ0) is 21.8. The molecule has 0 unspecified atom stereocenters. The van der Waals surface area contributed by atoms with Gasteiger partial charge in [-0.3, -0.25) is 0 Å². The van der Waals surface area contributed by atoms with E-state index in [0.29, 0.717) is 17.0 Å². The second kappa shape index (κ2) is 8.86. The molecule has 0 amide bonds. The fourth-order valence-electron chi connectivity index (χ4n) is 3.18. The number of aromatic nitrogens is 1. The van der Waals surface area contributed by atoms with Crippen LogP contribution in [0.15, 0.2) is 77.7 Å². The van der Waals surface area contributed by atoms with Gasteiger partial charge in [-0.05, 0) is 54.4 Å². The van der Waals surface area contributed by atoms with E-state index in [1.807, 2.05) is 30.3 Å². The molecule has 0 saturated heterocycles. The number of nitrogens with zero attached hydrogens (tertiary/aromatic N) is 2. The second-order valence-corrected chi connectivity index (χ2v) is 9.66. The van der Waals surface area contributed by atoms with E-state index < -0.39 is 16.1 Å². The van der Waals surface area contributed by atoms with Gasteiger partial charge >= 0.3 is 0 Å². The van der Waals surface area contributed by atoms with Gasteiger partial charge < -0.3 is 4.74 Å². The Kier molecular flexibility index (Phi) is 6.00. The molecule has 0 spiro atoms. The smallest absolute Gasteiger partial charge is 0.241 e. The van der Waals surface area contributed by atoms with Crippen LogP contribution < -0.4 is 9.46 Å². The number of thiazole rings is 1. The van der Waals surface area contributed by atoms with Crippen molar-refractivity contribution in [2.24, 2.45) is 0 Å². The Hall–Kier alpha value is -3.25. The van der Waals surface area contributed by atoms with E-state index in [1.165, 1.54) is 11.3 Å². The average Bonchev–Trinajstić information content (AvgIpc) is 3.23. The number of nitriles is 1. The molecule has 0 radical (unpaired) electrons. The number of benzene rings is 3. The first-order valence-electron chi connectivity index (χ1n) is 9.49. The zero-order valence-electron chi connectivity index (χ0n) is 16.6. The van der Waals surface area contributed by atoms with Gasteiger partial charge in [0.2, 0.25) is 10.0 Å². The predicted octanol–water partition coefficient (Wildman–Crippen LogP) is 4.44. The summed E-state index contributed by atoms with van der Waals surface area (Å²) in [6.07, 6.45) is 0.398. The Labute approximate surface area is 184 Å². The fourth-order valence-corrected chi connectivity index (χ4v) is 5.53. The molecule has 1 atom stereocenters. The van der Waals surface area contributed by atoms with Crippen molar-refractivity contribution in [3.8, 4) is 11.8 Å². The van der Waals surface area contributed by atoms with Crippen LogP contribution in [0.25, 0.3) is 10.2 Å². The molecule has 4 rings (SSSR count). The third kappa shape index (κ3) is 4.75. The molecule has 0 aliphatic carbocycles. The van der Waals surface area contributed by atoms with Gasteiger partial charge in [-0.2, -0.15) is 5.26 Å². The van der Waals surface area contributed by atoms with Crippen molar-refractivity contribution < 1.29 is 13.2 Å². The predicted molar refractivity (Wildman–Crippen MR) is 121 cm³/mol. The first-order chi connectivity index (χ1) is 15.0. The Morgan fingerprint density at radius 2 is 1.84 bits per heavy atom. The Morgan fingerprint density at radius 3 is 2.52 bits per heavy atom. The van der Waals surface area contributed by atoms with Crippen LogP contribution in [0.4, 0.5) is 0 Å². The second-order valence-electron chi connectivity index (χ2n) is 6.89. The number of methoxy groups -OCH3 is 1. The highest BCUT2D eigenvalue weighted by atomic mass is 32.2. The van der Waals surface area contributed by atoms with Crippen LogP contribution in [0.1, 0.15) is 22.2 Å². The van der Waals surface area contributed by atoms with E-state index in [2.05, 4.69) is 15.8 Å². The maximum absolute atomic E-state index is 13.0. The van der Waals surface area contributed by atoms with Crippen molar-refractivity contribution >= 4 is 31.6 Å². The highest BCUT2D eigenvalue weighted by molar-refractivity contribution is 7.89. The molecule has 8 heteroatoms. The van der Waals surface area contributed by atoms with Crippen LogP contribution in [0, 0.1) is 11.3 Å². The molecule has 3 aromatic carbocycles. The van der Waals surface area contributed by atoms with Crippen molar-refractivity contribution in [3.05, 3.63) is 88.9 Å². The van der Waals surface area contributed by atoms with Crippen LogP contribution in [0.3, 0.4) is 0 Å². The van der Waals surface area contributed by atoms with Gasteiger partial charge in [-0.15, -0.1) is 11.3 Å². The number of nitrogens with one attached hydrogen (secondary N) is 1. The largest absolute Gasteiger partial charge is 0.497 e. The molecule has 0 fully saturated rings. The fraction of sp³-hybridized carbons (Fsp3) is 0.130. The maximum Gasteiger partial charge on any atom is 0.241 e. The van der Waals surface area contributed by atoms with Crippen LogP contribution >= 0.6 is 11.3 Å². The van der Waals surface area contributed by atoms with Crippen molar-refractivity contribution in [3.63, 3.8) is 0 Å². The average molecular weight is 450 g/mol. The third-order valence-corrected chi connectivity index (χ3v) is 7.40. The lowest BCUT2D eigenvalue weighted by Crippen LogP contribution is -2.30. The maximum atomic E-state index is 13.0. The number of rotatable bonds is 7. The van der Waals surface area contributed by atoms with Gasteiger partial charge in [0.25, 0.3) is 0 Å². The molecular weight excluding hydrogens is 430 g/mol. The lowest BCUT2D eigenvalue weighted by Gasteiger charge is -2.17. The van der Waals surface area contributed by atoms with Crippen LogP contribution in [-0.2, 0) is 16.4 Å². The van der Waals surface area contributed by atoms with Crippen molar-refractivity contribution in [2.75, 3.05) is 7.11 Å². The summed E-state index contributed by atoms with van der Waals surface area (Å²) in [5, 5.41) is 9.69. The van der Waals surface area contributed by atoms with Gasteiger partial charge in [0, 0.05) is 0 Å².